The van der Waals surface area contributed by atoms with Crippen LogP contribution >= 0.6 is 0 Å². The summed E-state index contributed by atoms with van der Waals surface area (Å²) < 4.78 is 15.5. The zero-order valence-corrected chi connectivity index (χ0v) is 17.7. The van der Waals surface area contributed by atoms with E-state index < -0.39 is 11.9 Å². The first-order chi connectivity index (χ1) is 12.8. The van der Waals surface area contributed by atoms with Crippen molar-refractivity contribution >= 4 is 11.9 Å². The van der Waals surface area contributed by atoms with Gasteiger partial charge in [-0.1, -0.05) is 38.8 Å². The highest BCUT2D eigenvalue weighted by atomic mass is 16.5. The molecule has 0 heterocycles. The molecule has 5 heteroatoms. The van der Waals surface area contributed by atoms with Gasteiger partial charge in [-0.2, -0.15) is 0 Å². The van der Waals surface area contributed by atoms with E-state index in [4.69, 9.17) is 14.2 Å². The summed E-state index contributed by atoms with van der Waals surface area (Å²) in [5.41, 5.74) is 0.537. The molecule has 0 saturated carbocycles. The van der Waals surface area contributed by atoms with Gasteiger partial charge in [0.2, 0.25) is 0 Å². The van der Waals surface area contributed by atoms with Crippen LogP contribution in [0.5, 0.6) is 0 Å². The van der Waals surface area contributed by atoms with Crippen LogP contribution in [-0.4, -0.2) is 37.4 Å². The molecule has 0 aromatic heterocycles. The molecule has 5 nitrogen and oxygen atoms in total. The Labute approximate surface area is 164 Å². The summed E-state index contributed by atoms with van der Waals surface area (Å²) in [6.45, 7) is 12.9. The van der Waals surface area contributed by atoms with Crippen molar-refractivity contribution in [3.8, 4) is 0 Å². The number of esters is 2. The van der Waals surface area contributed by atoms with Gasteiger partial charge < -0.3 is 14.2 Å². The monoisotopic (exact) mass is 380 g/mol. The molecule has 27 heavy (non-hydrogen) atoms. The number of carbonyl (C=O) groups excluding carboxylic acids is 2. The highest BCUT2D eigenvalue weighted by Gasteiger charge is 2.18. The Bertz CT molecular complexity index is 490. The quantitative estimate of drug-likeness (QED) is 0.400. The number of ether oxygens (including phenoxy) is 3. The van der Waals surface area contributed by atoms with Gasteiger partial charge in [0.15, 0.2) is 0 Å². The van der Waals surface area contributed by atoms with E-state index in [0.717, 1.165) is 25.7 Å². The van der Waals surface area contributed by atoms with Crippen LogP contribution in [0, 0.1) is 0 Å². The van der Waals surface area contributed by atoms with E-state index in [1.54, 1.807) is 24.3 Å². The van der Waals surface area contributed by atoms with Crippen LogP contribution in [0.3, 0.4) is 0 Å². The number of carbonyl (C=O) groups is 2. The van der Waals surface area contributed by atoms with Crippen molar-refractivity contribution in [2.75, 3.05) is 13.2 Å². The van der Waals surface area contributed by atoms with Crippen LogP contribution in [-0.2, 0) is 14.2 Å². The SMILES string of the molecule is CC(C)OC(C)C.CCCCOC(=O)c1ccccc1C(=O)OCCCC. The van der Waals surface area contributed by atoms with Crippen molar-refractivity contribution in [2.24, 2.45) is 0 Å². The van der Waals surface area contributed by atoms with Crippen molar-refractivity contribution in [3.63, 3.8) is 0 Å². The van der Waals surface area contributed by atoms with Crippen molar-refractivity contribution < 1.29 is 23.8 Å². The smallest absolute Gasteiger partial charge is 0.339 e. The number of benzene rings is 1. The van der Waals surface area contributed by atoms with Crippen LogP contribution in [0.25, 0.3) is 0 Å². The second-order valence-electron chi connectivity index (χ2n) is 6.76. The second kappa shape index (κ2) is 15.2. The third kappa shape index (κ3) is 12.2. The number of hydrogen-bond donors (Lipinski definition) is 0. The third-order valence-corrected chi connectivity index (χ3v) is 3.37. The molecule has 0 aliphatic heterocycles. The van der Waals surface area contributed by atoms with Crippen molar-refractivity contribution in [1.82, 2.24) is 0 Å². The molecule has 1 rings (SSSR count). The molecule has 0 amide bonds. The first-order valence-electron chi connectivity index (χ1n) is 9.92. The van der Waals surface area contributed by atoms with E-state index in [1.165, 1.54) is 0 Å². The fourth-order valence-corrected chi connectivity index (χ4v) is 2.16. The van der Waals surface area contributed by atoms with E-state index in [-0.39, 0.29) is 11.1 Å². The van der Waals surface area contributed by atoms with E-state index >= 15 is 0 Å². The molecular weight excluding hydrogens is 344 g/mol. The lowest BCUT2D eigenvalue weighted by molar-refractivity contribution is 0.0300. The lowest BCUT2D eigenvalue weighted by Crippen LogP contribution is -2.14. The van der Waals surface area contributed by atoms with Gasteiger partial charge in [-0.25, -0.2) is 9.59 Å². The van der Waals surface area contributed by atoms with Gasteiger partial charge >= 0.3 is 11.9 Å². The summed E-state index contributed by atoms with van der Waals surface area (Å²) in [5.74, 6) is -0.942. The summed E-state index contributed by atoms with van der Waals surface area (Å²) >= 11 is 0. The van der Waals surface area contributed by atoms with Gasteiger partial charge in [-0.15, -0.1) is 0 Å². The summed E-state index contributed by atoms with van der Waals surface area (Å²) in [7, 11) is 0. The second-order valence-corrected chi connectivity index (χ2v) is 6.76. The third-order valence-electron chi connectivity index (χ3n) is 3.37. The molecule has 0 bridgehead atoms. The molecule has 0 atom stereocenters. The van der Waals surface area contributed by atoms with Crippen LogP contribution in [0.4, 0.5) is 0 Å². The van der Waals surface area contributed by atoms with Gasteiger partial charge in [0, 0.05) is 0 Å². The maximum Gasteiger partial charge on any atom is 0.339 e. The van der Waals surface area contributed by atoms with E-state index in [9.17, 15) is 9.59 Å². The zero-order valence-electron chi connectivity index (χ0n) is 17.7. The van der Waals surface area contributed by atoms with Crippen molar-refractivity contribution in [2.45, 2.75) is 79.4 Å². The van der Waals surface area contributed by atoms with Gasteiger partial charge in [0.05, 0.1) is 36.5 Å². The van der Waals surface area contributed by atoms with Gasteiger partial charge in [-0.3, -0.25) is 0 Å². The molecule has 1 aromatic rings. The molecule has 0 spiro atoms. The molecule has 0 saturated heterocycles. The normalized spacial score (nSPS) is 10.4. The Hall–Kier alpha value is -1.88. The van der Waals surface area contributed by atoms with Crippen molar-refractivity contribution in [3.05, 3.63) is 35.4 Å². The highest BCUT2D eigenvalue weighted by molar-refractivity contribution is 6.03. The minimum Gasteiger partial charge on any atom is -0.462 e. The Kier molecular flexibility index (Phi) is 14.1. The standard InChI is InChI=1S/C16H22O4.C6H14O/c1-3-5-11-19-15(17)13-9-7-8-10-14(13)16(18)20-12-6-4-2;1-5(2)7-6(3)4/h7-10H,3-6,11-12H2,1-2H3;5-6H,1-4H3. The molecule has 0 N–H and O–H groups in total. The fourth-order valence-electron chi connectivity index (χ4n) is 2.16. The molecule has 154 valence electrons. The fraction of sp³-hybridized carbons (Fsp3) is 0.636. The lowest BCUT2D eigenvalue weighted by atomic mass is 10.1. The predicted molar refractivity (Wildman–Crippen MR) is 108 cm³/mol. The molecule has 1 aromatic carbocycles. The highest BCUT2D eigenvalue weighted by Crippen LogP contribution is 2.12. The van der Waals surface area contributed by atoms with E-state index in [0.29, 0.717) is 25.4 Å². The predicted octanol–water partition coefficient (Wildman–Crippen LogP) is 5.42. The van der Waals surface area contributed by atoms with E-state index in [2.05, 4.69) is 0 Å². The van der Waals surface area contributed by atoms with Gasteiger partial charge in [-0.05, 0) is 52.7 Å². The average molecular weight is 381 g/mol. The first-order valence-corrected chi connectivity index (χ1v) is 9.92. The topological polar surface area (TPSA) is 61.8 Å². The molecular formula is C22H36O5. The van der Waals surface area contributed by atoms with Crippen LogP contribution in [0.2, 0.25) is 0 Å². The van der Waals surface area contributed by atoms with Crippen LogP contribution in [0.1, 0.15) is 87.9 Å². The Morgan fingerprint density at radius 3 is 1.41 bits per heavy atom. The lowest BCUT2D eigenvalue weighted by Gasteiger charge is -2.09. The maximum absolute atomic E-state index is 11.9. The Morgan fingerprint density at radius 2 is 1.15 bits per heavy atom. The summed E-state index contributed by atoms with van der Waals surface area (Å²) in [5, 5.41) is 0. The average Bonchev–Trinajstić information content (AvgIpc) is 2.61. The summed E-state index contributed by atoms with van der Waals surface area (Å²) in [4.78, 5) is 23.9. The molecule has 0 fully saturated rings. The minimum atomic E-state index is -0.471. The largest absolute Gasteiger partial charge is 0.462 e. The number of rotatable bonds is 10. The van der Waals surface area contributed by atoms with Crippen LogP contribution in [0.15, 0.2) is 24.3 Å². The molecule has 0 aliphatic rings. The molecule has 0 aliphatic carbocycles. The zero-order chi connectivity index (χ0) is 20.7. The van der Waals surface area contributed by atoms with Gasteiger partial charge in [0.1, 0.15) is 0 Å². The first kappa shape index (κ1) is 25.1. The van der Waals surface area contributed by atoms with Crippen molar-refractivity contribution in [1.29, 1.82) is 0 Å². The van der Waals surface area contributed by atoms with Gasteiger partial charge in [0.25, 0.3) is 0 Å². The minimum absolute atomic E-state index is 0.269. The Balaban J connectivity index is 0.000000821. The molecule has 0 unspecified atom stereocenters. The number of unbranched alkanes of at least 4 members (excludes halogenated alkanes) is 2. The molecule has 0 radical (unpaired) electrons. The van der Waals surface area contributed by atoms with Crippen LogP contribution < -0.4 is 0 Å². The number of hydrogen-bond acceptors (Lipinski definition) is 5. The Morgan fingerprint density at radius 1 is 0.778 bits per heavy atom. The van der Waals surface area contributed by atoms with E-state index in [1.807, 2.05) is 41.5 Å². The maximum atomic E-state index is 11.9. The summed E-state index contributed by atoms with van der Waals surface area (Å²) in [6, 6.07) is 6.59. The summed E-state index contributed by atoms with van der Waals surface area (Å²) in [6.07, 6.45) is 4.28.